The van der Waals surface area contributed by atoms with E-state index in [-0.39, 0.29) is 30.1 Å². The topological polar surface area (TPSA) is 62.6 Å². The number of hydrogen-bond donors (Lipinski definition) is 1. The normalized spacial score (nSPS) is 19.1. The van der Waals surface area contributed by atoms with Gasteiger partial charge in [-0.05, 0) is 30.9 Å². The number of piperazine rings is 1. The number of aryl methyl sites for hydroxylation is 2. The maximum atomic E-state index is 13.3. The molecule has 28 heavy (non-hydrogen) atoms. The number of hydrogen-bond acceptors (Lipinski definition) is 4. The van der Waals surface area contributed by atoms with Crippen molar-refractivity contribution in [1.82, 2.24) is 10.2 Å². The third-order valence-electron chi connectivity index (χ3n) is 5.78. The zero-order chi connectivity index (χ0) is 19.0. The number of halogens is 1. The minimum atomic E-state index is -0.110. The second kappa shape index (κ2) is 8.50. The maximum absolute atomic E-state index is 13.3. The molecule has 6 heteroatoms. The number of furan rings is 1. The lowest BCUT2D eigenvalue weighted by atomic mass is 9.93. The Morgan fingerprint density at radius 3 is 2.68 bits per heavy atom. The summed E-state index contributed by atoms with van der Waals surface area (Å²) in [5, 5.41) is 3.39. The van der Waals surface area contributed by atoms with E-state index in [1.54, 1.807) is 0 Å². The van der Waals surface area contributed by atoms with E-state index in [0.717, 1.165) is 37.9 Å². The van der Waals surface area contributed by atoms with Crippen LogP contribution >= 0.6 is 12.4 Å². The molecule has 1 aromatic carbocycles. The lowest BCUT2D eigenvalue weighted by Crippen LogP contribution is -2.48. The van der Waals surface area contributed by atoms with Gasteiger partial charge in [0.15, 0.2) is 11.5 Å². The van der Waals surface area contributed by atoms with Crippen molar-refractivity contribution >= 4 is 24.1 Å². The molecule has 2 aliphatic rings. The molecular weight excluding hydrogens is 376 g/mol. The van der Waals surface area contributed by atoms with Crippen molar-refractivity contribution in [2.75, 3.05) is 19.6 Å². The van der Waals surface area contributed by atoms with Crippen LogP contribution in [0.3, 0.4) is 0 Å². The molecule has 2 aromatic rings. The zero-order valence-electron chi connectivity index (χ0n) is 16.4. The highest BCUT2D eigenvalue weighted by Crippen LogP contribution is 2.32. The van der Waals surface area contributed by atoms with Crippen LogP contribution in [-0.2, 0) is 12.8 Å². The first-order chi connectivity index (χ1) is 13.1. The van der Waals surface area contributed by atoms with Gasteiger partial charge in [0.25, 0.3) is 5.91 Å². The number of amides is 1. The molecule has 0 saturated carbocycles. The van der Waals surface area contributed by atoms with Crippen LogP contribution in [0.5, 0.6) is 0 Å². The van der Waals surface area contributed by atoms with Crippen molar-refractivity contribution in [3.05, 3.63) is 58.0 Å². The number of carbonyl (C=O) groups is 2. The van der Waals surface area contributed by atoms with Crippen LogP contribution in [0.2, 0.25) is 0 Å². The molecule has 5 nitrogen and oxygen atoms in total. The predicted molar refractivity (Wildman–Crippen MR) is 110 cm³/mol. The molecule has 2 heterocycles. The Morgan fingerprint density at radius 1 is 1.25 bits per heavy atom. The van der Waals surface area contributed by atoms with Gasteiger partial charge in [0.1, 0.15) is 5.76 Å². The Bertz CT molecular complexity index is 873. The molecule has 0 radical (unpaired) electrons. The smallest absolute Gasteiger partial charge is 0.290 e. The fraction of sp³-hybridized carbons (Fsp3) is 0.455. The van der Waals surface area contributed by atoms with Gasteiger partial charge in [-0.2, -0.15) is 0 Å². The van der Waals surface area contributed by atoms with Crippen LogP contribution in [0.1, 0.15) is 69.2 Å². The van der Waals surface area contributed by atoms with Gasteiger partial charge in [-0.25, -0.2) is 0 Å². The molecular formula is C22H27ClN2O3. The second-order valence-electron chi connectivity index (χ2n) is 7.44. The van der Waals surface area contributed by atoms with Crippen molar-refractivity contribution in [2.45, 2.75) is 45.6 Å². The van der Waals surface area contributed by atoms with Crippen molar-refractivity contribution in [1.29, 1.82) is 0 Å². The summed E-state index contributed by atoms with van der Waals surface area (Å²) in [6, 6.07) is 8.44. The Labute approximate surface area is 171 Å². The van der Waals surface area contributed by atoms with Crippen molar-refractivity contribution in [3.63, 3.8) is 0 Å². The lowest BCUT2D eigenvalue weighted by molar-refractivity contribution is 0.0598. The van der Waals surface area contributed by atoms with E-state index in [1.165, 1.54) is 5.56 Å². The second-order valence-corrected chi connectivity index (χ2v) is 7.44. The van der Waals surface area contributed by atoms with Crippen LogP contribution in [0.25, 0.3) is 0 Å². The van der Waals surface area contributed by atoms with Crippen LogP contribution in [0.4, 0.5) is 0 Å². The first-order valence-electron chi connectivity index (χ1n) is 9.86. The number of Topliss-reactive ketones (excluding diaryl/α,β-unsaturated/α-hetero) is 1. The summed E-state index contributed by atoms with van der Waals surface area (Å²) in [4.78, 5) is 27.5. The van der Waals surface area contributed by atoms with E-state index in [1.807, 2.05) is 11.8 Å². The summed E-state index contributed by atoms with van der Waals surface area (Å²) in [7, 11) is 0. The van der Waals surface area contributed by atoms with Crippen molar-refractivity contribution in [3.8, 4) is 0 Å². The van der Waals surface area contributed by atoms with Crippen molar-refractivity contribution < 1.29 is 14.0 Å². The molecule has 0 bridgehead atoms. The third kappa shape index (κ3) is 3.61. The van der Waals surface area contributed by atoms with E-state index in [9.17, 15) is 9.59 Å². The number of carbonyl (C=O) groups excluding carboxylic acids is 2. The molecule has 1 unspecified atom stereocenters. The minimum Gasteiger partial charge on any atom is -0.455 e. The first kappa shape index (κ1) is 20.6. The van der Waals surface area contributed by atoms with E-state index >= 15 is 0 Å². The summed E-state index contributed by atoms with van der Waals surface area (Å²) in [5.41, 5.74) is 3.76. The molecule has 1 atom stereocenters. The van der Waals surface area contributed by atoms with Gasteiger partial charge in [-0.3, -0.25) is 9.59 Å². The number of fused-ring (bicyclic) bond motifs is 1. The number of nitrogens with zero attached hydrogens (tertiary/aromatic N) is 1. The molecule has 4 rings (SSSR count). The average molecular weight is 403 g/mol. The van der Waals surface area contributed by atoms with E-state index in [4.69, 9.17) is 4.42 Å². The predicted octanol–water partition coefficient (Wildman–Crippen LogP) is 3.88. The molecule has 0 spiro atoms. The molecule has 150 valence electrons. The number of rotatable bonds is 3. The molecule has 1 fully saturated rings. The third-order valence-corrected chi connectivity index (χ3v) is 5.78. The van der Waals surface area contributed by atoms with E-state index in [2.05, 4.69) is 36.5 Å². The molecule has 1 aliphatic carbocycles. The summed E-state index contributed by atoms with van der Waals surface area (Å²) < 4.78 is 5.91. The van der Waals surface area contributed by atoms with Gasteiger partial charge >= 0.3 is 0 Å². The van der Waals surface area contributed by atoms with Gasteiger partial charge in [-0.15, -0.1) is 12.4 Å². The van der Waals surface area contributed by atoms with E-state index < -0.39 is 0 Å². The largest absolute Gasteiger partial charge is 0.455 e. The number of benzene rings is 1. The summed E-state index contributed by atoms with van der Waals surface area (Å²) in [6.45, 7) is 6.07. The Morgan fingerprint density at radius 2 is 2.00 bits per heavy atom. The first-order valence-corrected chi connectivity index (χ1v) is 9.86. The van der Waals surface area contributed by atoms with Gasteiger partial charge in [-0.1, -0.05) is 31.2 Å². The lowest BCUT2D eigenvalue weighted by Gasteiger charge is -2.36. The molecule has 1 saturated heterocycles. The molecule has 1 amide bonds. The van der Waals surface area contributed by atoms with Crippen LogP contribution in [-0.4, -0.2) is 36.2 Å². The highest BCUT2D eigenvalue weighted by Gasteiger charge is 2.34. The van der Waals surface area contributed by atoms with Gasteiger partial charge in [0.05, 0.1) is 11.6 Å². The average Bonchev–Trinajstić information content (AvgIpc) is 3.05. The fourth-order valence-electron chi connectivity index (χ4n) is 4.20. The Kier molecular flexibility index (Phi) is 6.26. The molecule has 1 N–H and O–H groups in total. The van der Waals surface area contributed by atoms with Gasteiger partial charge in [0, 0.05) is 38.0 Å². The van der Waals surface area contributed by atoms with Crippen LogP contribution in [0.15, 0.2) is 28.7 Å². The summed E-state index contributed by atoms with van der Waals surface area (Å²) in [6.07, 6.45) is 3.07. The van der Waals surface area contributed by atoms with Gasteiger partial charge < -0.3 is 14.6 Å². The van der Waals surface area contributed by atoms with Gasteiger partial charge in [0.2, 0.25) is 0 Å². The molecule has 1 aliphatic heterocycles. The Hall–Kier alpha value is -2.11. The maximum Gasteiger partial charge on any atom is 0.290 e. The number of ketones is 1. The Balaban J connectivity index is 0.00000225. The van der Waals surface area contributed by atoms with Crippen LogP contribution in [0, 0.1) is 6.92 Å². The SMILES string of the molecule is CCc1ccc(C2CNCCN2C(=O)c2oc3c(c2C)C(=O)CCC3)cc1.Cl. The van der Waals surface area contributed by atoms with E-state index in [0.29, 0.717) is 35.6 Å². The highest BCUT2D eigenvalue weighted by atomic mass is 35.5. The standard InChI is InChI=1S/C22H26N2O3.ClH/c1-3-15-7-9-16(10-8-15)17-13-23-11-12-24(17)22(26)21-14(2)20-18(25)5-4-6-19(20)27-21;/h7-10,17,23H,3-6,11-13H2,1-2H3;1H. The summed E-state index contributed by atoms with van der Waals surface area (Å²) in [5.74, 6) is 1.02. The quantitative estimate of drug-likeness (QED) is 0.846. The fourth-order valence-corrected chi connectivity index (χ4v) is 4.20. The van der Waals surface area contributed by atoms with Crippen LogP contribution < -0.4 is 5.32 Å². The number of nitrogens with one attached hydrogen (secondary N) is 1. The van der Waals surface area contributed by atoms with Crippen molar-refractivity contribution in [2.24, 2.45) is 0 Å². The monoisotopic (exact) mass is 402 g/mol. The zero-order valence-corrected chi connectivity index (χ0v) is 17.2. The minimum absolute atomic E-state index is 0. The molecule has 1 aromatic heterocycles. The summed E-state index contributed by atoms with van der Waals surface area (Å²) >= 11 is 0. The highest BCUT2D eigenvalue weighted by molar-refractivity contribution is 6.03.